The van der Waals surface area contributed by atoms with Crippen LogP contribution < -0.4 is 14.8 Å². The third-order valence-corrected chi connectivity index (χ3v) is 6.36. The first-order chi connectivity index (χ1) is 16.2. The number of methoxy groups -OCH3 is 1. The number of hydrogen-bond donors (Lipinski definition) is 4. The summed E-state index contributed by atoms with van der Waals surface area (Å²) in [5.74, 6) is 0.619. The first kappa shape index (κ1) is 26.0. The Hall–Kier alpha value is -2.57. The lowest BCUT2D eigenvalue weighted by Crippen LogP contribution is -2.41. The summed E-state index contributed by atoms with van der Waals surface area (Å²) < 4.78 is 41.2. The van der Waals surface area contributed by atoms with Crippen molar-refractivity contribution < 1.29 is 42.6 Å². The maximum absolute atomic E-state index is 14.7. The minimum absolute atomic E-state index is 0.147. The molecule has 34 heavy (non-hydrogen) atoms. The molecule has 3 rings (SSSR count). The molecular formula is C20H25FN3O8PS. The van der Waals surface area contributed by atoms with Gasteiger partial charge in [-0.15, -0.1) is 11.8 Å². The number of pyridine rings is 1. The molecule has 0 atom stereocenters. The Morgan fingerprint density at radius 1 is 1.32 bits per heavy atom. The summed E-state index contributed by atoms with van der Waals surface area (Å²) in [6, 6.07) is 6.07. The van der Waals surface area contributed by atoms with E-state index >= 15 is 0 Å². The Labute approximate surface area is 199 Å². The fraction of sp³-hybridized carbons (Fsp3) is 0.400. The Balaban J connectivity index is 1.64. The zero-order valence-corrected chi connectivity index (χ0v) is 19.9. The Bertz CT molecular complexity index is 1050. The van der Waals surface area contributed by atoms with Crippen molar-refractivity contribution in [2.24, 2.45) is 0 Å². The van der Waals surface area contributed by atoms with Crippen molar-refractivity contribution in [2.45, 2.75) is 23.8 Å². The second kappa shape index (κ2) is 11.7. The van der Waals surface area contributed by atoms with E-state index in [1.165, 1.54) is 42.1 Å². The van der Waals surface area contributed by atoms with E-state index in [4.69, 9.17) is 24.4 Å². The van der Waals surface area contributed by atoms with Gasteiger partial charge in [0, 0.05) is 48.8 Å². The van der Waals surface area contributed by atoms with E-state index in [1.54, 1.807) is 12.1 Å². The molecule has 1 amide bonds. The largest absolute Gasteiger partial charge is 0.490 e. The zero-order valence-electron chi connectivity index (χ0n) is 18.2. The fourth-order valence-electron chi connectivity index (χ4n) is 3.28. The number of nitrogens with one attached hydrogen (secondary N) is 1. The first-order valence-corrected chi connectivity index (χ1v) is 12.7. The number of anilines is 2. The molecule has 0 saturated carbocycles. The molecule has 186 valence electrons. The molecule has 1 saturated heterocycles. The van der Waals surface area contributed by atoms with Gasteiger partial charge in [-0.1, -0.05) is 0 Å². The van der Waals surface area contributed by atoms with Gasteiger partial charge in [0.1, 0.15) is 11.9 Å². The van der Waals surface area contributed by atoms with Gasteiger partial charge in [-0.05, 0) is 18.2 Å². The quantitative estimate of drug-likeness (QED) is 0.207. The number of phosphoric acid groups is 1. The standard InChI is InChI=1S/C20H25FN3O8PS/c1-30-18-17(32-13-5-8-24(9-6-13)20(25)26)4-7-22-19(18)23-16-3-2-14(12-15(16)21)34-11-10-31-33(27,28)29/h2-4,7,12-13H,5-6,8-11H2,1H3,(H,22,23)(H,25,26)(H2,27,28,29). The predicted molar refractivity (Wildman–Crippen MR) is 122 cm³/mol. The number of benzene rings is 1. The number of ether oxygens (including phenoxy) is 2. The third kappa shape index (κ3) is 7.47. The summed E-state index contributed by atoms with van der Waals surface area (Å²) in [6.45, 7) is 0.568. The molecule has 0 radical (unpaired) electrons. The monoisotopic (exact) mass is 517 g/mol. The van der Waals surface area contributed by atoms with Crippen LogP contribution in [0.1, 0.15) is 12.8 Å². The summed E-state index contributed by atoms with van der Waals surface area (Å²) in [6.07, 6.45) is 1.42. The predicted octanol–water partition coefficient (Wildman–Crippen LogP) is 3.70. The third-order valence-electron chi connectivity index (χ3n) is 4.88. The minimum Gasteiger partial charge on any atom is -0.490 e. The second-order valence-electron chi connectivity index (χ2n) is 7.22. The fourth-order valence-corrected chi connectivity index (χ4v) is 4.49. The number of thioether (sulfide) groups is 1. The average Bonchev–Trinajstić information content (AvgIpc) is 2.78. The average molecular weight is 517 g/mol. The zero-order chi connectivity index (χ0) is 24.7. The van der Waals surface area contributed by atoms with E-state index in [2.05, 4.69) is 14.8 Å². The van der Waals surface area contributed by atoms with Crippen LogP contribution in [-0.2, 0) is 9.09 Å². The highest BCUT2D eigenvalue weighted by Gasteiger charge is 2.25. The molecule has 0 bridgehead atoms. The maximum atomic E-state index is 14.7. The molecule has 1 aromatic heterocycles. The molecule has 14 heteroatoms. The first-order valence-electron chi connectivity index (χ1n) is 10.2. The number of likely N-dealkylation sites (tertiary alicyclic amines) is 1. The van der Waals surface area contributed by atoms with E-state index in [0.717, 1.165) is 0 Å². The number of halogens is 1. The van der Waals surface area contributed by atoms with Crippen molar-refractivity contribution in [1.29, 1.82) is 0 Å². The van der Waals surface area contributed by atoms with Crippen LogP contribution in [-0.4, -0.2) is 69.5 Å². The number of carbonyl (C=O) groups is 1. The normalized spacial score (nSPS) is 14.6. The van der Waals surface area contributed by atoms with E-state index < -0.39 is 19.7 Å². The molecular weight excluding hydrogens is 492 g/mol. The summed E-state index contributed by atoms with van der Waals surface area (Å²) >= 11 is 1.19. The molecule has 0 spiro atoms. The molecule has 0 aliphatic carbocycles. The molecule has 1 fully saturated rings. The molecule has 4 N–H and O–H groups in total. The number of nitrogens with zero attached hydrogens (tertiary/aromatic N) is 2. The number of hydrogen-bond acceptors (Lipinski definition) is 8. The van der Waals surface area contributed by atoms with Gasteiger partial charge in [0.15, 0.2) is 11.6 Å². The summed E-state index contributed by atoms with van der Waals surface area (Å²) in [5.41, 5.74) is 0.147. The maximum Gasteiger partial charge on any atom is 0.469 e. The van der Waals surface area contributed by atoms with E-state index in [9.17, 15) is 13.8 Å². The molecule has 0 unspecified atom stereocenters. The van der Waals surface area contributed by atoms with Gasteiger partial charge in [0.05, 0.1) is 19.4 Å². The lowest BCUT2D eigenvalue weighted by atomic mass is 10.1. The van der Waals surface area contributed by atoms with Crippen LogP contribution in [0.25, 0.3) is 0 Å². The van der Waals surface area contributed by atoms with Crippen LogP contribution in [0.4, 0.5) is 20.7 Å². The molecule has 1 aromatic carbocycles. The Morgan fingerprint density at radius 3 is 2.68 bits per heavy atom. The molecule has 1 aliphatic heterocycles. The molecule has 1 aliphatic rings. The van der Waals surface area contributed by atoms with Gasteiger partial charge in [-0.3, -0.25) is 4.52 Å². The van der Waals surface area contributed by atoms with Crippen LogP contribution in [0.3, 0.4) is 0 Å². The lowest BCUT2D eigenvalue weighted by Gasteiger charge is -2.30. The molecule has 2 aromatic rings. The number of piperidine rings is 1. The number of carboxylic acid groups (broad SMARTS) is 1. The van der Waals surface area contributed by atoms with Crippen LogP contribution in [0.15, 0.2) is 35.4 Å². The highest BCUT2D eigenvalue weighted by atomic mass is 32.2. The number of aromatic nitrogens is 1. The summed E-state index contributed by atoms with van der Waals surface area (Å²) in [5, 5.41) is 12.0. The van der Waals surface area contributed by atoms with Gasteiger partial charge in [-0.2, -0.15) is 0 Å². The van der Waals surface area contributed by atoms with Crippen LogP contribution in [0, 0.1) is 5.82 Å². The minimum atomic E-state index is -4.53. The summed E-state index contributed by atoms with van der Waals surface area (Å²) in [4.78, 5) is 34.6. The van der Waals surface area contributed by atoms with E-state index in [1.807, 2.05) is 0 Å². The molecule has 2 heterocycles. The van der Waals surface area contributed by atoms with Crippen LogP contribution >= 0.6 is 19.6 Å². The van der Waals surface area contributed by atoms with Gasteiger partial charge in [0.25, 0.3) is 0 Å². The van der Waals surface area contributed by atoms with Crippen LogP contribution in [0.2, 0.25) is 0 Å². The van der Waals surface area contributed by atoms with Gasteiger partial charge < -0.3 is 34.6 Å². The van der Waals surface area contributed by atoms with Gasteiger partial charge in [0.2, 0.25) is 5.75 Å². The van der Waals surface area contributed by atoms with Gasteiger partial charge >= 0.3 is 13.9 Å². The lowest BCUT2D eigenvalue weighted by molar-refractivity contribution is 0.0878. The Kier molecular flexibility index (Phi) is 8.97. The Morgan fingerprint density at radius 2 is 2.06 bits per heavy atom. The van der Waals surface area contributed by atoms with Crippen molar-refractivity contribution in [1.82, 2.24) is 9.88 Å². The smallest absolute Gasteiger partial charge is 0.469 e. The van der Waals surface area contributed by atoms with Crippen molar-refractivity contribution in [3.05, 3.63) is 36.3 Å². The van der Waals surface area contributed by atoms with E-state index in [0.29, 0.717) is 36.6 Å². The second-order valence-corrected chi connectivity index (χ2v) is 9.62. The molecule has 11 nitrogen and oxygen atoms in total. The highest BCUT2D eigenvalue weighted by molar-refractivity contribution is 7.99. The highest BCUT2D eigenvalue weighted by Crippen LogP contribution is 2.38. The SMILES string of the molecule is COc1c(OC2CCN(C(=O)O)CC2)ccnc1Nc1ccc(SCCOP(=O)(O)O)cc1F. The van der Waals surface area contributed by atoms with Gasteiger partial charge in [-0.25, -0.2) is 18.7 Å². The number of amides is 1. The number of rotatable bonds is 10. The van der Waals surface area contributed by atoms with E-state index in [-0.39, 0.29) is 35.7 Å². The van der Waals surface area contributed by atoms with Crippen molar-refractivity contribution in [3.63, 3.8) is 0 Å². The van der Waals surface area contributed by atoms with Crippen molar-refractivity contribution >= 4 is 37.2 Å². The number of phosphoric ester groups is 1. The van der Waals surface area contributed by atoms with Crippen LogP contribution in [0.5, 0.6) is 11.5 Å². The summed E-state index contributed by atoms with van der Waals surface area (Å²) in [7, 11) is -3.08. The van der Waals surface area contributed by atoms with Crippen molar-refractivity contribution in [3.8, 4) is 11.5 Å². The topological polar surface area (TPSA) is 151 Å². The van der Waals surface area contributed by atoms with Crippen molar-refractivity contribution in [2.75, 3.05) is 37.9 Å².